The second-order valence-corrected chi connectivity index (χ2v) is 2.57. The normalized spacial score (nSPS) is 28.3. The Morgan fingerprint density at radius 2 is 2.29 bits per heavy atom. The number of hydrogen-bond acceptors (Lipinski definition) is 0. The van der Waals surface area contributed by atoms with Crippen molar-refractivity contribution in [2.75, 3.05) is 0 Å². The van der Waals surface area contributed by atoms with E-state index in [0.717, 1.165) is 0 Å². The van der Waals surface area contributed by atoms with E-state index in [9.17, 15) is 0 Å². The molecule has 0 spiro atoms. The predicted octanol–water partition coefficient (Wildman–Crippen LogP) is 1.46. The Bertz CT molecular complexity index is 103. The highest BCUT2D eigenvalue weighted by atomic mass is 27.0. The summed E-state index contributed by atoms with van der Waals surface area (Å²) in [6.45, 7) is 0. The lowest BCUT2D eigenvalue weighted by molar-refractivity contribution is 1.03. The standard InChI is InChI=1S/C6H7.Al/c1-2-4-6-5-3-1;/h1-5H,6H2;. The third kappa shape index (κ3) is 1.51. The van der Waals surface area contributed by atoms with Gasteiger partial charge in [0.15, 0.2) is 0 Å². The topological polar surface area (TPSA) is 0 Å². The minimum absolute atomic E-state index is 0.685. The van der Waals surface area contributed by atoms with Crippen LogP contribution in [0.2, 0.25) is 4.78 Å². The van der Waals surface area contributed by atoms with Crippen molar-refractivity contribution in [2.24, 2.45) is 0 Å². The molecule has 1 unspecified atom stereocenters. The van der Waals surface area contributed by atoms with Gasteiger partial charge in [-0.05, 0) is 6.42 Å². The molecule has 0 saturated carbocycles. The van der Waals surface area contributed by atoms with Gasteiger partial charge in [-0.25, -0.2) is 0 Å². The highest BCUT2D eigenvalue weighted by Crippen LogP contribution is 2.11. The zero-order chi connectivity index (χ0) is 5.11. The van der Waals surface area contributed by atoms with Gasteiger partial charge in [0.25, 0.3) is 0 Å². The smallest absolute Gasteiger partial charge is 0.0966 e. The first-order valence-corrected chi connectivity index (χ1v) is 3.15. The Hall–Kier alpha value is 0.0125. The Morgan fingerprint density at radius 1 is 1.43 bits per heavy atom. The summed E-state index contributed by atoms with van der Waals surface area (Å²) in [7, 11) is 0. The average Bonchev–Trinajstić information content (AvgIpc) is 1.69. The van der Waals surface area contributed by atoms with E-state index in [1.165, 1.54) is 6.42 Å². The lowest BCUT2D eigenvalue weighted by atomic mass is 10.2. The second-order valence-electron chi connectivity index (χ2n) is 1.71. The van der Waals surface area contributed by atoms with Crippen molar-refractivity contribution in [3.05, 3.63) is 24.3 Å². The summed E-state index contributed by atoms with van der Waals surface area (Å²) in [5, 5.41) is 0. The molecule has 0 heterocycles. The summed E-state index contributed by atoms with van der Waals surface area (Å²) in [6.07, 6.45) is 9.71. The molecular weight excluding hydrogens is 99.0 g/mol. The quantitative estimate of drug-likeness (QED) is 0.410. The van der Waals surface area contributed by atoms with Gasteiger partial charge < -0.3 is 0 Å². The van der Waals surface area contributed by atoms with Crippen LogP contribution >= 0.6 is 0 Å². The van der Waals surface area contributed by atoms with Gasteiger partial charge >= 0.3 is 0 Å². The maximum atomic E-state index is 2.77. The third-order valence-corrected chi connectivity index (χ3v) is 1.51. The van der Waals surface area contributed by atoms with Crippen molar-refractivity contribution >= 4 is 16.3 Å². The van der Waals surface area contributed by atoms with Gasteiger partial charge in [-0.1, -0.05) is 29.1 Å². The van der Waals surface area contributed by atoms with E-state index in [0.29, 0.717) is 4.78 Å². The fraction of sp³-hybridized carbons (Fsp3) is 0.333. The number of rotatable bonds is 0. The number of hydrogen-bond donors (Lipinski definition) is 0. The molecule has 1 heteroatoms. The van der Waals surface area contributed by atoms with E-state index < -0.39 is 0 Å². The van der Waals surface area contributed by atoms with E-state index >= 15 is 0 Å². The van der Waals surface area contributed by atoms with Crippen molar-refractivity contribution in [1.82, 2.24) is 0 Å². The van der Waals surface area contributed by atoms with Crippen molar-refractivity contribution in [2.45, 2.75) is 11.2 Å². The number of allylic oxidation sites excluding steroid dienone is 4. The molecule has 1 aliphatic rings. The Labute approximate surface area is 52.3 Å². The van der Waals surface area contributed by atoms with E-state index in [2.05, 4.69) is 40.6 Å². The fourth-order valence-electron chi connectivity index (χ4n) is 0.600. The molecule has 0 amide bonds. The van der Waals surface area contributed by atoms with Crippen molar-refractivity contribution < 1.29 is 0 Å². The Balaban J connectivity index is 2.49. The predicted molar refractivity (Wildman–Crippen MR) is 32.4 cm³/mol. The van der Waals surface area contributed by atoms with Crippen LogP contribution in [-0.2, 0) is 0 Å². The van der Waals surface area contributed by atoms with Gasteiger partial charge in [0.2, 0.25) is 0 Å². The van der Waals surface area contributed by atoms with Crippen LogP contribution < -0.4 is 0 Å². The summed E-state index contributed by atoms with van der Waals surface area (Å²) >= 11 is 2.77. The molecule has 0 saturated heterocycles. The van der Waals surface area contributed by atoms with Crippen LogP contribution in [0.15, 0.2) is 24.3 Å². The fourth-order valence-corrected chi connectivity index (χ4v) is 0.885. The van der Waals surface area contributed by atoms with Gasteiger partial charge in [0.1, 0.15) is 16.3 Å². The second kappa shape index (κ2) is 2.35. The first-order chi connectivity index (χ1) is 3.39. The van der Waals surface area contributed by atoms with Crippen LogP contribution in [0.4, 0.5) is 0 Å². The van der Waals surface area contributed by atoms with Gasteiger partial charge in [-0.3, -0.25) is 0 Å². The zero-order valence-electron chi connectivity index (χ0n) is 4.17. The molecule has 0 fully saturated rings. The molecule has 34 valence electrons. The molecule has 1 atom stereocenters. The van der Waals surface area contributed by atoms with E-state index in [1.807, 2.05) is 0 Å². The first kappa shape index (κ1) is 5.16. The summed E-state index contributed by atoms with van der Waals surface area (Å²) in [5.74, 6) is 0. The first-order valence-electron chi connectivity index (χ1n) is 2.48. The van der Waals surface area contributed by atoms with Crippen LogP contribution in [0.25, 0.3) is 0 Å². The highest BCUT2D eigenvalue weighted by molar-refractivity contribution is 6.13. The summed E-state index contributed by atoms with van der Waals surface area (Å²) in [4.78, 5) is 0. The molecule has 0 aliphatic heterocycles. The lowest BCUT2D eigenvalue weighted by Crippen LogP contribution is -1.86. The van der Waals surface area contributed by atoms with Crippen LogP contribution in [0.1, 0.15) is 6.42 Å². The SMILES string of the molecule is [Al][CH]1C=CC=CC1. The van der Waals surface area contributed by atoms with E-state index in [-0.39, 0.29) is 0 Å². The molecule has 0 N–H and O–H groups in total. The third-order valence-electron chi connectivity index (χ3n) is 1.01. The van der Waals surface area contributed by atoms with Crippen LogP contribution in [-0.4, -0.2) is 16.3 Å². The Kier molecular flexibility index (Phi) is 1.73. The Morgan fingerprint density at radius 3 is 2.57 bits per heavy atom. The maximum absolute atomic E-state index is 2.77. The van der Waals surface area contributed by atoms with E-state index in [4.69, 9.17) is 0 Å². The summed E-state index contributed by atoms with van der Waals surface area (Å²) in [5.41, 5.74) is 0. The molecule has 2 radical (unpaired) electrons. The summed E-state index contributed by atoms with van der Waals surface area (Å²) in [6, 6.07) is 0. The molecule has 7 heavy (non-hydrogen) atoms. The average molecular weight is 106 g/mol. The van der Waals surface area contributed by atoms with E-state index in [1.54, 1.807) is 0 Å². The minimum atomic E-state index is 0.685. The van der Waals surface area contributed by atoms with Crippen LogP contribution in [0.3, 0.4) is 0 Å². The van der Waals surface area contributed by atoms with Gasteiger partial charge in [-0.2, -0.15) is 0 Å². The molecule has 0 aromatic carbocycles. The molecule has 1 rings (SSSR count). The van der Waals surface area contributed by atoms with Gasteiger partial charge in [0, 0.05) is 0 Å². The molecular formula is C6H7Al. The van der Waals surface area contributed by atoms with Gasteiger partial charge in [-0.15, -0.1) is 0 Å². The zero-order valence-corrected chi connectivity index (χ0v) is 5.33. The van der Waals surface area contributed by atoms with Crippen molar-refractivity contribution in [3.63, 3.8) is 0 Å². The van der Waals surface area contributed by atoms with Crippen LogP contribution in [0, 0.1) is 0 Å². The molecule has 0 bridgehead atoms. The molecule has 1 aliphatic carbocycles. The molecule has 0 aromatic heterocycles. The minimum Gasteiger partial charge on any atom is -0.0966 e. The lowest BCUT2D eigenvalue weighted by Gasteiger charge is -2.03. The largest absolute Gasteiger partial charge is 0.131 e. The monoisotopic (exact) mass is 106 g/mol. The van der Waals surface area contributed by atoms with Crippen molar-refractivity contribution in [3.8, 4) is 0 Å². The van der Waals surface area contributed by atoms with Crippen molar-refractivity contribution in [1.29, 1.82) is 0 Å². The van der Waals surface area contributed by atoms with Crippen LogP contribution in [0.5, 0.6) is 0 Å². The molecule has 0 aromatic rings. The van der Waals surface area contributed by atoms with Gasteiger partial charge in [0.05, 0.1) is 0 Å². The maximum Gasteiger partial charge on any atom is 0.131 e. The summed E-state index contributed by atoms with van der Waals surface area (Å²) < 4.78 is 0.685. The highest BCUT2D eigenvalue weighted by Gasteiger charge is 1.92. The molecule has 0 nitrogen and oxygen atoms in total.